The van der Waals surface area contributed by atoms with Crippen molar-refractivity contribution in [1.29, 1.82) is 5.26 Å². The van der Waals surface area contributed by atoms with E-state index in [0.29, 0.717) is 47.3 Å². The monoisotopic (exact) mass is 599 g/mol. The number of aliphatic hydroxyl groups is 1. The lowest BCUT2D eigenvalue weighted by molar-refractivity contribution is -0.136. The topological polar surface area (TPSA) is 164 Å². The summed E-state index contributed by atoms with van der Waals surface area (Å²) in [7, 11) is 1.27. The highest BCUT2D eigenvalue weighted by Crippen LogP contribution is 2.35. The molecular weight excluding hydrogens is 566 g/mol. The van der Waals surface area contributed by atoms with Crippen LogP contribution in [0.2, 0.25) is 0 Å². The van der Waals surface area contributed by atoms with Crippen LogP contribution >= 0.6 is 0 Å². The zero-order chi connectivity index (χ0) is 31.5. The van der Waals surface area contributed by atoms with Gasteiger partial charge in [-0.3, -0.25) is 5.43 Å². The smallest absolute Gasteiger partial charge is 0.337 e. The van der Waals surface area contributed by atoms with Gasteiger partial charge in [-0.1, -0.05) is 30.3 Å². The van der Waals surface area contributed by atoms with E-state index in [4.69, 9.17) is 24.2 Å². The normalized spacial score (nSPS) is 15.1. The number of aliphatic hydroxyl groups excluding tert-OH is 1. The second kappa shape index (κ2) is 15.1. The first-order valence-corrected chi connectivity index (χ1v) is 13.8. The fourth-order valence-corrected chi connectivity index (χ4v) is 4.35. The average molecular weight is 600 g/mol. The Kier molecular flexibility index (Phi) is 10.8. The molecule has 4 N–H and O–H groups in total. The quantitative estimate of drug-likeness (QED) is 0.0994. The number of nitriles is 1. The number of hydrazone groups is 1. The van der Waals surface area contributed by atoms with E-state index in [9.17, 15) is 14.7 Å². The molecule has 3 aromatic carbocycles. The van der Waals surface area contributed by atoms with Gasteiger partial charge in [-0.2, -0.15) is 10.4 Å². The number of ether oxygens (including phenoxy) is 4. The number of amides is 2. The van der Waals surface area contributed by atoms with Gasteiger partial charge in [-0.05, 0) is 66.9 Å². The van der Waals surface area contributed by atoms with Crippen LogP contribution in [-0.2, 0) is 16.1 Å². The van der Waals surface area contributed by atoms with E-state index >= 15 is 0 Å². The number of allylic oxidation sites excluding steroid dienone is 1. The number of benzene rings is 3. The van der Waals surface area contributed by atoms with Crippen LogP contribution in [0.15, 0.2) is 83.1 Å². The third kappa shape index (κ3) is 8.27. The van der Waals surface area contributed by atoms with Gasteiger partial charge in [0.1, 0.15) is 19.0 Å². The number of carbonyl (C=O) groups excluding carboxylic acids is 2. The third-order valence-corrected chi connectivity index (χ3v) is 6.46. The van der Waals surface area contributed by atoms with Gasteiger partial charge in [0, 0.05) is 5.70 Å². The van der Waals surface area contributed by atoms with E-state index < -0.39 is 24.3 Å². The van der Waals surface area contributed by atoms with E-state index in [1.165, 1.54) is 7.11 Å². The summed E-state index contributed by atoms with van der Waals surface area (Å²) < 4.78 is 22.3. The SMILES string of the molecule is CCOc1cc([C@@H]2NC(=O)NC(C)=C2C(=O)OC)ccc1OC[C@@H](O)N/N=C/c1cccc(OCc2ccc(C#N)cc2)c1. The predicted molar refractivity (Wildman–Crippen MR) is 161 cm³/mol. The van der Waals surface area contributed by atoms with Crippen molar-refractivity contribution in [2.75, 3.05) is 20.3 Å². The van der Waals surface area contributed by atoms with E-state index in [-0.39, 0.29) is 12.2 Å². The maximum absolute atomic E-state index is 12.4. The summed E-state index contributed by atoms with van der Waals surface area (Å²) in [5, 5.41) is 28.7. The first-order chi connectivity index (χ1) is 21.3. The molecule has 0 unspecified atom stereocenters. The molecule has 0 saturated carbocycles. The summed E-state index contributed by atoms with van der Waals surface area (Å²) in [6.45, 7) is 3.96. The molecule has 0 bridgehead atoms. The zero-order valence-corrected chi connectivity index (χ0v) is 24.5. The van der Waals surface area contributed by atoms with Gasteiger partial charge in [-0.15, -0.1) is 0 Å². The molecular formula is C32H33N5O7. The minimum absolute atomic E-state index is 0.152. The van der Waals surface area contributed by atoms with Gasteiger partial charge in [0.2, 0.25) is 0 Å². The van der Waals surface area contributed by atoms with Crippen LogP contribution in [0.25, 0.3) is 0 Å². The lowest BCUT2D eigenvalue weighted by Crippen LogP contribution is -2.45. The van der Waals surface area contributed by atoms with Gasteiger partial charge in [0.25, 0.3) is 0 Å². The first kappa shape index (κ1) is 31.4. The summed E-state index contributed by atoms with van der Waals surface area (Å²) in [5.41, 5.74) is 6.13. The van der Waals surface area contributed by atoms with Crippen LogP contribution in [0.4, 0.5) is 4.79 Å². The fourth-order valence-electron chi connectivity index (χ4n) is 4.35. The molecule has 1 heterocycles. The molecule has 4 rings (SSSR count). The molecule has 0 radical (unpaired) electrons. The van der Waals surface area contributed by atoms with Crippen molar-refractivity contribution in [3.63, 3.8) is 0 Å². The lowest BCUT2D eigenvalue weighted by Gasteiger charge is -2.28. The Balaban J connectivity index is 1.34. The lowest BCUT2D eigenvalue weighted by atomic mass is 9.95. The molecule has 0 spiro atoms. The van der Waals surface area contributed by atoms with E-state index in [1.807, 2.05) is 37.3 Å². The summed E-state index contributed by atoms with van der Waals surface area (Å²) in [6.07, 6.45) is 0.399. The van der Waals surface area contributed by atoms with E-state index in [0.717, 1.165) is 11.1 Å². The van der Waals surface area contributed by atoms with Crippen molar-refractivity contribution in [2.45, 2.75) is 32.7 Å². The van der Waals surface area contributed by atoms with Crippen molar-refractivity contribution >= 4 is 18.2 Å². The highest BCUT2D eigenvalue weighted by Gasteiger charge is 2.32. The molecule has 3 aromatic rings. The molecule has 1 aliphatic rings. The molecule has 228 valence electrons. The van der Waals surface area contributed by atoms with Crippen LogP contribution in [0.5, 0.6) is 17.2 Å². The molecule has 12 heteroatoms. The van der Waals surface area contributed by atoms with Crippen molar-refractivity contribution in [2.24, 2.45) is 5.10 Å². The van der Waals surface area contributed by atoms with Gasteiger partial charge < -0.3 is 34.7 Å². The second-order valence-electron chi connectivity index (χ2n) is 9.58. The van der Waals surface area contributed by atoms with Crippen LogP contribution in [0.1, 0.15) is 42.1 Å². The Morgan fingerprint density at radius 1 is 1.11 bits per heavy atom. The Morgan fingerprint density at radius 3 is 2.64 bits per heavy atom. The van der Waals surface area contributed by atoms with Crippen molar-refractivity contribution < 1.29 is 33.6 Å². The maximum Gasteiger partial charge on any atom is 0.337 e. The molecule has 0 aliphatic carbocycles. The average Bonchev–Trinajstić information content (AvgIpc) is 3.03. The van der Waals surface area contributed by atoms with Crippen molar-refractivity contribution in [3.8, 4) is 23.3 Å². The predicted octanol–water partition coefficient (Wildman–Crippen LogP) is 3.66. The Labute approximate surface area is 254 Å². The zero-order valence-electron chi connectivity index (χ0n) is 24.5. The molecule has 44 heavy (non-hydrogen) atoms. The van der Waals surface area contributed by atoms with Gasteiger partial charge >= 0.3 is 12.0 Å². The van der Waals surface area contributed by atoms with Gasteiger partial charge in [0.05, 0.1) is 43.2 Å². The van der Waals surface area contributed by atoms with Crippen LogP contribution < -0.4 is 30.3 Å². The standard InChI is InChI=1S/C32H33N5O7/c1-4-42-27-15-24(30-29(31(39)41-3)20(2)35-32(40)36-30)12-13-26(27)44-19-28(38)37-34-17-23-6-5-7-25(14-23)43-18-22-10-8-21(16-33)9-11-22/h5-15,17,28,30,37-38H,4,18-19H2,1-3H3,(H2,35,36,40)/b34-17+/t28-,30+/m1/s1. The molecule has 1 aliphatic heterocycles. The van der Waals surface area contributed by atoms with E-state index in [2.05, 4.69) is 27.2 Å². The second-order valence-corrected chi connectivity index (χ2v) is 9.58. The number of hydrogen-bond donors (Lipinski definition) is 4. The van der Waals surface area contributed by atoms with Crippen molar-refractivity contribution in [1.82, 2.24) is 16.1 Å². The number of urea groups is 1. The summed E-state index contributed by atoms with van der Waals surface area (Å²) in [6, 6.07) is 20.3. The van der Waals surface area contributed by atoms with E-state index in [1.54, 1.807) is 49.5 Å². The summed E-state index contributed by atoms with van der Waals surface area (Å²) in [5.74, 6) is 0.791. The largest absolute Gasteiger partial charge is 0.490 e. The highest BCUT2D eigenvalue weighted by atomic mass is 16.5. The summed E-state index contributed by atoms with van der Waals surface area (Å²) in [4.78, 5) is 24.6. The van der Waals surface area contributed by atoms with Crippen molar-refractivity contribution in [3.05, 3.63) is 100 Å². The Hall–Kier alpha value is -5.54. The number of esters is 1. The molecule has 2 atom stereocenters. The Bertz CT molecular complexity index is 1580. The van der Waals surface area contributed by atoms with Crippen LogP contribution in [0, 0.1) is 11.3 Å². The number of carbonyl (C=O) groups is 2. The molecule has 0 saturated heterocycles. The molecule has 2 amide bonds. The van der Waals surface area contributed by atoms with Crippen LogP contribution in [-0.4, -0.2) is 49.9 Å². The number of nitrogens with zero attached hydrogens (tertiary/aromatic N) is 2. The Morgan fingerprint density at radius 2 is 1.91 bits per heavy atom. The number of methoxy groups -OCH3 is 1. The number of hydrogen-bond acceptors (Lipinski definition) is 10. The van der Waals surface area contributed by atoms with Crippen LogP contribution in [0.3, 0.4) is 0 Å². The molecule has 0 fully saturated rings. The van der Waals surface area contributed by atoms with Gasteiger partial charge in [-0.25, -0.2) is 9.59 Å². The number of rotatable bonds is 13. The summed E-state index contributed by atoms with van der Waals surface area (Å²) >= 11 is 0. The number of nitrogens with one attached hydrogen (secondary N) is 3. The van der Waals surface area contributed by atoms with Gasteiger partial charge in [0.15, 0.2) is 17.7 Å². The maximum atomic E-state index is 12.4. The first-order valence-electron chi connectivity index (χ1n) is 13.8. The minimum Gasteiger partial charge on any atom is -0.490 e. The fraction of sp³-hybridized carbons (Fsp3) is 0.250. The molecule has 12 nitrogen and oxygen atoms in total. The highest BCUT2D eigenvalue weighted by molar-refractivity contribution is 5.95. The molecule has 0 aromatic heterocycles. The third-order valence-electron chi connectivity index (χ3n) is 6.46. The minimum atomic E-state index is -1.14.